The van der Waals surface area contributed by atoms with E-state index in [9.17, 15) is 9.59 Å². The van der Waals surface area contributed by atoms with Crippen LogP contribution in [0.15, 0.2) is 0 Å². The normalized spacial score (nSPS) is 14.3. The standard InChI is InChI=1S/C20H30N6O3S/c1-12(2)11-26-15(5)16(13(3)24-26)10-17(27)22-23-19(28)18-14(4)21-20(30-18)25-6-8-29-9-7-25/h12H,6-11H2,1-5H3,(H,22,27)(H,23,28). The van der Waals surface area contributed by atoms with Gasteiger partial charge in [-0.25, -0.2) is 4.98 Å². The summed E-state index contributed by atoms with van der Waals surface area (Å²) in [7, 11) is 0. The van der Waals surface area contributed by atoms with Gasteiger partial charge < -0.3 is 9.64 Å². The van der Waals surface area contributed by atoms with Gasteiger partial charge in [-0.3, -0.25) is 25.1 Å². The highest BCUT2D eigenvalue weighted by atomic mass is 32.1. The summed E-state index contributed by atoms with van der Waals surface area (Å²) < 4.78 is 7.30. The van der Waals surface area contributed by atoms with E-state index in [1.54, 1.807) is 6.92 Å². The van der Waals surface area contributed by atoms with Crippen LogP contribution < -0.4 is 15.8 Å². The van der Waals surface area contributed by atoms with Crippen molar-refractivity contribution in [2.24, 2.45) is 5.92 Å². The van der Waals surface area contributed by atoms with Crippen molar-refractivity contribution >= 4 is 28.3 Å². The van der Waals surface area contributed by atoms with E-state index < -0.39 is 0 Å². The van der Waals surface area contributed by atoms with Crippen molar-refractivity contribution in [3.8, 4) is 0 Å². The number of morpholine rings is 1. The van der Waals surface area contributed by atoms with Crippen molar-refractivity contribution in [2.45, 2.75) is 47.6 Å². The third kappa shape index (κ3) is 5.17. The van der Waals surface area contributed by atoms with E-state index in [1.807, 2.05) is 18.5 Å². The maximum atomic E-state index is 12.6. The van der Waals surface area contributed by atoms with Gasteiger partial charge in [0.15, 0.2) is 5.13 Å². The second-order valence-corrected chi connectivity index (χ2v) is 8.89. The lowest BCUT2D eigenvalue weighted by Crippen LogP contribution is -2.42. The second kappa shape index (κ2) is 9.57. The number of nitrogens with one attached hydrogen (secondary N) is 2. The van der Waals surface area contributed by atoms with E-state index in [0.29, 0.717) is 29.7 Å². The Morgan fingerprint density at radius 2 is 1.83 bits per heavy atom. The number of anilines is 1. The molecule has 164 valence electrons. The van der Waals surface area contributed by atoms with Gasteiger partial charge in [0.25, 0.3) is 5.91 Å². The number of amides is 2. The molecule has 2 amide bonds. The number of hydrogen-bond acceptors (Lipinski definition) is 7. The quantitative estimate of drug-likeness (QED) is 0.672. The van der Waals surface area contributed by atoms with Gasteiger partial charge in [0.2, 0.25) is 5.91 Å². The fourth-order valence-corrected chi connectivity index (χ4v) is 4.40. The highest BCUT2D eigenvalue weighted by Crippen LogP contribution is 2.26. The highest BCUT2D eigenvalue weighted by molar-refractivity contribution is 7.17. The first-order valence-electron chi connectivity index (χ1n) is 10.2. The fraction of sp³-hybridized carbons (Fsp3) is 0.600. The number of hydrogen-bond donors (Lipinski definition) is 2. The Morgan fingerprint density at radius 3 is 2.50 bits per heavy atom. The molecule has 1 aliphatic heterocycles. The Kier molecular flexibility index (Phi) is 7.09. The Bertz CT molecular complexity index is 914. The topological polar surface area (TPSA) is 101 Å². The van der Waals surface area contributed by atoms with Crippen LogP contribution in [0.4, 0.5) is 5.13 Å². The lowest BCUT2D eigenvalue weighted by Gasteiger charge is -2.25. The SMILES string of the molecule is Cc1nc(N2CCOCC2)sc1C(=O)NNC(=O)Cc1c(C)nn(CC(C)C)c1C. The van der Waals surface area contributed by atoms with Gasteiger partial charge in [-0.15, -0.1) is 0 Å². The summed E-state index contributed by atoms with van der Waals surface area (Å²) in [6, 6.07) is 0. The van der Waals surface area contributed by atoms with Crippen LogP contribution in [0.5, 0.6) is 0 Å². The molecule has 0 aliphatic carbocycles. The number of ether oxygens (including phenoxy) is 1. The first-order chi connectivity index (χ1) is 14.3. The van der Waals surface area contributed by atoms with Crippen LogP contribution in [0.25, 0.3) is 0 Å². The third-order valence-corrected chi connectivity index (χ3v) is 6.21. The first kappa shape index (κ1) is 22.2. The Hall–Kier alpha value is -2.46. The number of carbonyl (C=O) groups is 2. The van der Waals surface area contributed by atoms with Gasteiger partial charge in [0.1, 0.15) is 4.88 Å². The van der Waals surface area contributed by atoms with Crippen molar-refractivity contribution in [3.63, 3.8) is 0 Å². The molecule has 30 heavy (non-hydrogen) atoms. The summed E-state index contributed by atoms with van der Waals surface area (Å²) in [5, 5.41) is 5.34. The zero-order valence-corrected chi connectivity index (χ0v) is 19.1. The first-order valence-corrected chi connectivity index (χ1v) is 11.0. The van der Waals surface area contributed by atoms with Crippen LogP contribution in [0.3, 0.4) is 0 Å². The van der Waals surface area contributed by atoms with Gasteiger partial charge in [0.05, 0.1) is 31.0 Å². The molecule has 1 saturated heterocycles. The largest absolute Gasteiger partial charge is 0.378 e. The summed E-state index contributed by atoms with van der Waals surface area (Å²) >= 11 is 1.33. The number of hydrazine groups is 1. The van der Waals surface area contributed by atoms with Crippen molar-refractivity contribution < 1.29 is 14.3 Å². The summed E-state index contributed by atoms with van der Waals surface area (Å²) in [4.78, 5) is 32.1. The van der Waals surface area contributed by atoms with Crippen molar-refractivity contribution in [2.75, 3.05) is 31.2 Å². The molecule has 1 fully saturated rings. The molecule has 10 heteroatoms. The van der Waals surface area contributed by atoms with E-state index in [-0.39, 0.29) is 18.2 Å². The summed E-state index contributed by atoms with van der Waals surface area (Å²) in [5.74, 6) is -0.176. The Labute approximate surface area is 180 Å². The molecule has 2 aromatic heterocycles. The van der Waals surface area contributed by atoms with E-state index in [2.05, 4.69) is 39.7 Å². The molecule has 2 aromatic rings. The van der Waals surface area contributed by atoms with Gasteiger partial charge in [-0.1, -0.05) is 25.2 Å². The summed E-state index contributed by atoms with van der Waals surface area (Å²) in [6.45, 7) is 13.6. The number of rotatable bonds is 6. The maximum absolute atomic E-state index is 12.6. The maximum Gasteiger partial charge on any atom is 0.281 e. The molecule has 0 aromatic carbocycles. The molecule has 0 bridgehead atoms. The highest BCUT2D eigenvalue weighted by Gasteiger charge is 2.21. The number of thiazole rings is 1. The van der Waals surface area contributed by atoms with Crippen molar-refractivity contribution in [3.05, 3.63) is 27.5 Å². The number of nitrogens with zero attached hydrogens (tertiary/aromatic N) is 4. The lowest BCUT2D eigenvalue weighted by atomic mass is 10.1. The van der Waals surface area contributed by atoms with E-state index in [4.69, 9.17) is 4.74 Å². The van der Waals surface area contributed by atoms with Crippen LogP contribution in [0.1, 0.15) is 46.2 Å². The number of aryl methyl sites for hydroxylation is 2. The molecule has 0 spiro atoms. The molecule has 2 N–H and O–H groups in total. The second-order valence-electron chi connectivity index (χ2n) is 7.91. The zero-order chi connectivity index (χ0) is 21.8. The van der Waals surface area contributed by atoms with Crippen LogP contribution in [0, 0.1) is 26.7 Å². The minimum absolute atomic E-state index is 0.163. The Morgan fingerprint density at radius 1 is 1.13 bits per heavy atom. The van der Waals surface area contributed by atoms with Crippen LogP contribution in [-0.4, -0.2) is 52.9 Å². The number of carbonyl (C=O) groups excluding carboxylic acids is 2. The van der Waals surface area contributed by atoms with E-state index in [1.165, 1.54) is 11.3 Å². The monoisotopic (exact) mass is 434 g/mol. The van der Waals surface area contributed by atoms with Crippen LogP contribution >= 0.6 is 11.3 Å². The average molecular weight is 435 g/mol. The van der Waals surface area contributed by atoms with Gasteiger partial charge in [0, 0.05) is 30.9 Å². The molecule has 9 nitrogen and oxygen atoms in total. The predicted octanol–water partition coefficient (Wildman–Crippen LogP) is 1.76. The molecule has 0 atom stereocenters. The minimum atomic E-state index is -0.359. The lowest BCUT2D eigenvalue weighted by molar-refractivity contribution is -0.121. The Balaban J connectivity index is 1.58. The molecular formula is C20H30N6O3S. The molecule has 0 unspecified atom stereocenters. The smallest absolute Gasteiger partial charge is 0.281 e. The van der Waals surface area contributed by atoms with Crippen LogP contribution in [0.2, 0.25) is 0 Å². The minimum Gasteiger partial charge on any atom is -0.378 e. The van der Waals surface area contributed by atoms with E-state index in [0.717, 1.165) is 41.7 Å². The van der Waals surface area contributed by atoms with Crippen molar-refractivity contribution in [1.29, 1.82) is 0 Å². The van der Waals surface area contributed by atoms with Gasteiger partial charge in [-0.05, 0) is 26.7 Å². The fourth-order valence-electron chi connectivity index (χ4n) is 3.38. The van der Waals surface area contributed by atoms with Crippen LogP contribution in [-0.2, 0) is 22.5 Å². The van der Waals surface area contributed by atoms with Gasteiger partial charge in [-0.2, -0.15) is 5.10 Å². The average Bonchev–Trinajstić information content (AvgIpc) is 3.21. The molecule has 0 saturated carbocycles. The molecule has 0 radical (unpaired) electrons. The van der Waals surface area contributed by atoms with Crippen molar-refractivity contribution in [1.82, 2.24) is 25.6 Å². The van der Waals surface area contributed by atoms with Gasteiger partial charge >= 0.3 is 0 Å². The molecule has 3 rings (SSSR count). The van der Waals surface area contributed by atoms with E-state index >= 15 is 0 Å². The predicted molar refractivity (Wildman–Crippen MR) is 116 cm³/mol. The number of aromatic nitrogens is 3. The molecule has 3 heterocycles. The zero-order valence-electron chi connectivity index (χ0n) is 18.2. The third-order valence-electron chi connectivity index (χ3n) is 5.00. The summed E-state index contributed by atoms with van der Waals surface area (Å²) in [6.07, 6.45) is 0.163. The molecule has 1 aliphatic rings. The summed E-state index contributed by atoms with van der Waals surface area (Å²) in [5.41, 5.74) is 8.40. The molecular weight excluding hydrogens is 404 g/mol.